The van der Waals surface area contributed by atoms with Crippen molar-refractivity contribution in [3.05, 3.63) is 87.7 Å². The summed E-state index contributed by atoms with van der Waals surface area (Å²) >= 11 is 6.06. The lowest BCUT2D eigenvalue weighted by molar-refractivity contribution is 0.588. The highest BCUT2D eigenvalue weighted by atomic mass is 35.5. The lowest BCUT2D eigenvalue weighted by Crippen LogP contribution is -2.30. The van der Waals surface area contributed by atoms with Gasteiger partial charge in [-0.25, -0.2) is 4.98 Å². The minimum atomic E-state index is -0.517. The van der Waals surface area contributed by atoms with E-state index in [0.29, 0.717) is 11.4 Å². The molecule has 8 heteroatoms. The number of fused-ring (bicyclic) bond motifs is 1. The topological polar surface area (TPSA) is 95.6 Å². The highest BCUT2D eigenvalue weighted by Gasteiger charge is 2.23. The summed E-state index contributed by atoms with van der Waals surface area (Å²) in [4.78, 5) is 21.0. The van der Waals surface area contributed by atoms with Crippen LogP contribution in [0.1, 0.15) is 25.1 Å². The number of benzene rings is 1. The zero-order valence-electron chi connectivity index (χ0n) is 17.8. The summed E-state index contributed by atoms with van der Waals surface area (Å²) in [5, 5.41) is 17.1. The lowest BCUT2D eigenvalue weighted by atomic mass is 9.98. The predicted molar refractivity (Wildman–Crippen MR) is 127 cm³/mol. The van der Waals surface area contributed by atoms with Gasteiger partial charge >= 0.3 is 0 Å². The maximum Gasteiger partial charge on any atom is 0.252 e. The summed E-state index contributed by atoms with van der Waals surface area (Å²) in [5.74, 6) is 0. The van der Waals surface area contributed by atoms with Crippen LogP contribution in [0.25, 0.3) is 10.9 Å². The maximum atomic E-state index is 12.6. The van der Waals surface area contributed by atoms with Gasteiger partial charge in [-0.05, 0) is 50.2 Å². The molecule has 0 saturated heterocycles. The molecule has 0 radical (unpaired) electrons. The molecule has 0 aliphatic heterocycles. The number of aryl methyl sites for hydroxylation is 1. The van der Waals surface area contributed by atoms with E-state index in [1.165, 1.54) is 0 Å². The highest BCUT2D eigenvalue weighted by molar-refractivity contribution is 6.31. The summed E-state index contributed by atoms with van der Waals surface area (Å²) in [5.41, 5.74) is 3.25. The van der Waals surface area contributed by atoms with Crippen LogP contribution in [0.15, 0.2) is 65.7 Å². The number of hydrogen-bond acceptors (Lipinski definition) is 6. The van der Waals surface area contributed by atoms with E-state index in [0.717, 1.165) is 22.3 Å². The number of halogens is 1. The Morgan fingerprint density at radius 2 is 1.88 bits per heavy atom. The van der Waals surface area contributed by atoms with E-state index < -0.39 is 5.54 Å². The number of nitriles is 1. The van der Waals surface area contributed by atoms with Gasteiger partial charge in [0.05, 0.1) is 22.4 Å². The van der Waals surface area contributed by atoms with Gasteiger partial charge < -0.3 is 15.2 Å². The van der Waals surface area contributed by atoms with Crippen molar-refractivity contribution < 1.29 is 0 Å². The molecule has 0 unspecified atom stereocenters. The number of hydrogen-bond donors (Lipinski definition) is 2. The number of rotatable bonds is 5. The Morgan fingerprint density at radius 3 is 2.59 bits per heavy atom. The molecule has 4 rings (SSSR count). The van der Waals surface area contributed by atoms with Crippen LogP contribution in [0.3, 0.4) is 0 Å². The lowest BCUT2D eigenvalue weighted by Gasteiger charge is -2.28. The summed E-state index contributed by atoms with van der Waals surface area (Å²) in [6.07, 6.45) is 3.29. The molecule has 0 spiro atoms. The smallest absolute Gasteiger partial charge is 0.252 e. The fourth-order valence-corrected chi connectivity index (χ4v) is 3.78. The molecule has 32 heavy (non-hydrogen) atoms. The first-order chi connectivity index (χ1) is 15.3. The molecule has 0 aliphatic carbocycles. The van der Waals surface area contributed by atoms with E-state index in [-0.39, 0.29) is 16.3 Å². The van der Waals surface area contributed by atoms with E-state index in [1.54, 1.807) is 36.1 Å². The van der Waals surface area contributed by atoms with Gasteiger partial charge in [0.2, 0.25) is 0 Å². The van der Waals surface area contributed by atoms with Gasteiger partial charge in [0.1, 0.15) is 16.8 Å². The van der Waals surface area contributed by atoms with Crippen LogP contribution < -0.4 is 16.2 Å². The van der Waals surface area contributed by atoms with Crippen LogP contribution in [-0.2, 0) is 12.6 Å². The van der Waals surface area contributed by atoms with Crippen molar-refractivity contribution in [2.45, 2.75) is 19.4 Å². The Morgan fingerprint density at radius 1 is 1.06 bits per heavy atom. The largest absolute Gasteiger partial charge is 0.374 e. The third-order valence-corrected chi connectivity index (χ3v) is 5.58. The Bertz CT molecular complexity index is 1410. The molecule has 160 valence electrons. The van der Waals surface area contributed by atoms with Crippen molar-refractivity contribution in [3.63, 3.8) is 0 Å². The number of pyridine rings is 3. The number of aromatic nitrogens is 3. The second-order valence-corrected chi connectivity index (χ2v) is 8.27. The van der Waals surface area contributed by atoms with E-state index in [2.05, 4.69) is 26.7 Å². The Balaban J connectivity index is 1.81. The number of anilines is 3. The minimum Gasteiger partial charge on any atom is -0.374 e. The molecule has 3 aromatic heterocycles. The summed E-state index contributed by atoms with van der Waals surface area (Å²) in [6, 6.07) is 16.8. The van der Waals surface area contributed by atoms with Crippen molar-refractivity contribution in [2.24, 2.45) is 7.05 Å². The van der Waals surface area contributed by atoms with Gasteiger partial charge in [0, 0.05) is 42.3 Å². The van der Waals surface area contributed by atoms with Crippen LogP contribution >= 0.6 is 11.6 Å². The van der Waals surface area contributed by atoms with Crippen LogP contribution in [0.2, 0.25) is 5.15 Å². The molecule has 1 aromatic carbocycles. The van der Waals surface area contributed by atoms with E-state index in [4.69, 9.17) is 11.6 Å². The normalized spacial score (nSPS) is 11.2. The SMILES string of the molecule is Cn1c(=O)cc(NC(C)(C)c2ccccn2)c2cc(Nc3ccnc(Cl)c3C#N)ccc21. The van der Waals surface area contributed by atoms with E-state index in [9.17, 15) is 10.1 Å². The summed E-state index contributed by atoms with van der Waals surface area (Å²) in [7, 11) is 1.74. The van der Waals surface area contributed by atoms with E-state index in [1.807, 2.05) is 50.2 Å². The van der Waals surface area contributed by atoms with Crippen LogP contribution in [0.4, 0.5) is 17.1 Å². The molecule has 0 bridgehead atoms. The zero-order valence-corrected chi connectivity index (χ0v) is 18.6. The average molecular weight is 445 g/mol. The predicted octanol–water partition coefficient (Wildman–Crippen LogP) is 4.94. The molecule has 0 aliphatic rings. The zero-order chi connectivity index (χ0) is 22.9. The average Bonchev–Trinajstić information content (AvgIpc) is 2.78. The monoisotopic (exact) mass is 444 g/mol. The quantitative estimate of drug-likeness (QED) is 0.423. The molecule has 0 amide bonds. The molecular formula is C24H21ClN6O. The Hall–Kier alpha value is -3.89. The standard InChI is InChI=1S/C24H21ClN6O/c1-24(2,21-6-4-5-10-27-21)30-19-13-22(32)31(3)20-8-7-15(12-16(19)20)29-18-9-11-28-23(25)17(18)14-26/h4-13,30H,1-3H3,(H,28,29). The molecule has 2 N–H and O–H groups in total. The van der Waals surface area contributed by atoms with Crippen molar-refractivity contribution >= 4 is 39.6 Å². The van der Waals surface area contributed by atoms with Gasteiger partial charge in [0.25, 0.3) is 5.56 Å². The minimum absolute atomic E-state index is 0.120. The van der Waals surface area contributed by atoms with Crippen molar-refractivity contribution in [1.82, 2.24) is 14.5 Å². The third kappa shape index (κ3) is 4.01. The third-order valence-electron chi connectivity index (χ3n) is 5.29. The molecule has 0 atom stereocenters. The van der Waals surface area contributed by atoms with Crippen molar-refractivity contribution in [3.8, 4) is 6.07 Å². The Kier molecular flexibility index (Phi) is 5.56. The molecular weight excluding hydrogens is 424 g/mol. The maximum absolute atomic E-state index is 12.6. The van der Waals surface area contributed by atoms with Crippen molar-refractivity contribution in [1.29, 1.82) is 5.26 Å². The molecule has 4 aromatic rings. The first kappa shape index (κ1) is 21.3. The Labute approximate surface area is 190 Å². The number of nitrogens with zero attached hydrogens (tertiary/aromatic N) is 4. The van der Waals surface area contributed by atoms with E-state index >= 15 is 0 Å². The fraction of sp³-hybridized carbons (Fsp3) is 0.167. The number of nitrogens with one attached hydrogen (secondary N) is 2. The second-order valence-electron chi connectivity index (χ2n) is 7.91. The first-order valence-electron chi connectivity index (χ1n) is 9.95. The summed E-state index contributed by atoms with van der Waals surface area (Å²) in [6.45, 7) is 4.03. The highest BCUT2D eigenvalue weighted by Crippen LogP contribution is 2.32. The molecule has 0 saturated carbocycles. The van der Waals surface area contributed by atoms with Crippen LogP contribution in [-0.4, -0.2) is 14.5 Å². The molecule has 7 nitrogen and oxygen atoms in total. The molecule has 3 heterocycles. The van der Waals surface area contributed by atoms with Crippen LogP contribution in [0, 0.1) is 11.3 Å². The van der Waals surface area contributed by atoms with Crippen LogP contribution in [0.5, 0.6) is 0 Å². The van der Waals surface area contributed by atoms with Gasteiger partial charge in [-0.3, -0.25) is 9.78 Å². The van der Waals surface area contributed by atoms with Gasteiger partial charge in [-0.2, -0.15) is 5.26 Å². The van der Waals surface area contributed by atoms with Gasteiger partial charge in [-0.1, -0.05) is 17.7 Å². The second kappa shape index (κ2) is 8.33. The molecule has 0 fully saturated rings. The van der Waals surface area contributed by atoms with Gasteiger partial charge in [-0.15, -0.1) is 0 Å². The summed E-state index contributed by atoms with van der Waals surface area (Å²) < 4.78 is 1.60. The van der Waals surface area contributed by atoms with Gasteiger partial charge in [0.15, 0.2) is 0 Å². The first-order valence-corrected chi connectivity index (χ1v) is 10.3. The van der Waals surface area contributed by atoms with Crippen molar-refractivity contribution in [2.75, 3.05) is 10.6 Å². The fourth-order valence-electron chi connectivity index (χ4n) is 3.58.